The first kappa shape index (κ1) is 25.9. The first-order chi connectivity index (χ1) is 16.3. The van der Waals surface area contributed by atoms with E-state index in [-0.39, 0.29) is 30.6 Å². The lowest BCUT2D eigenvalue weighted by molar-refractivity contribution is -0.135. The van der Waals surface area contributed by atoms with Gasteiger partial charge in [-0.15, -0.1) is 11.3 Å². The maximum absolute atomic E-state index is 13.6. The number of benzene rings is 1. The average molecular weight is 488 g/mol. The smallest absolute Gasteiger partial charge is 0.318 e. The van der Waals surface area contributed by atoms with Gasteiger partial charge in [-0.3, -0.25) is 4.79 Å². The first-order valence-corrected chi connectivity index (χ1v) is 12.9. The molecule has 0 saturated carbocycles. The second-order valence-electron chi connectivity index (χ2n) is 9.11. The summed E-state index contributed by atoms with van der Waals surface area (Å²) in [7, 11) is 1.61. The van der Waals surface area contributed by atoms with Gasteiger partial charge in [0.2, 0.25) is 5.91 Å². The van der Waals surface area contributed by atoms with E-state index in [0.29, 0.717) is 37.1 Å². The van der Waals surface area contributed by atoms with Gasteiger partial charge in [0.05, 0.1) is 13.2 Å². The van der Waals surface area contributed by atoms with E-state index >= 15 is 0 Å². The van der Waals surface area contributed by atoms with Crippen LogP contribution in [-0.2, 0) is 11.2 Å². The van der Waals surface area contributed by atoms with Crippen LogP contribution in [0.1, 0.15) is 50.6 Å². The minimum atomic E-state index is -0.217. The Hall–Kier alpha value is -2.74. The first-order valence-electron chi connectivity index (χ1n) is 12.0. The normalized spacial score (nSPS) is 16.1. The molecule has 34 heavy (non-hydrogen) atoms. The zero-order chi connectivity index (χ0) is 24.7. The fourth-order valence-corrected chi connectivity index (χ4v) is 5.03. The third-order valence-corrected chi connectivity index (χ3v) is 7.13. The Bertz CT molecular complexity index is 961. The van der Waals surface area contributed by atoms with E-state index in [9.17, 15) is 9.59 Å². The average Bonchev–Trinajstić information content (AvgIpc) is 3.30. The van der Waals surface area contributed by atoms with Gasteiger partial charge in [-0.05, 0) is 55.3 Å². The molecule has 2 aromatic rings. The molecular weight excluding hydrogens is 450 g/mol. The van der Waals surface area contributed by atoms with Crippen molar-refractivity contribution >= 4 is 23.3 Å². The topological polar surface area (TPSA) is 71.1 Å². The number of nitrogens with one attached hydrogen (secondary N) is 1. The second kappa shape index (κ2) is 12.1. The van der Waals surface area contributed by atoms with E-state index < -0.39 is 0 Å². The van der Waals surface area contributed by atoms with Crippen LogP contribution in [-0.4, -0.2) is 61.1 Å². The van der Waals surface area contributed by atoms with Crippen molar-refractivity contribution in [3.05, 3.63) is 46.2 Å². The standard InChI is InChI=1S/C26H37N3O4S/c1-6-19(4)15-28(26(31)27-18(2)3)16-25(30)29-13-11-24-20(12-14-34-24)21(29)17-33-23-10-8-7-9-22(23)32-5/h7-10,12,14,18-19,21H,6,11,13,15-17H2,1-5H3,(H,27,31)/t19-,21-/m0/s1. The van der Waals surface area contributed by atoms with Crippen LogP contribution < -0.4 is 14.8 Å². The van der Waals surface area contributed by atoms with E-state index in [4.69, 9.17) is 9.47 Å². The molecule has 3 rings (SSSR count). The minimum Gasteiger partial charge on any atom is -0.493 e. The lowest BCUT2D eigenvalue weighted by Gasteiger charge is -2.37. The molecule has 1 aliphatic heterocycles. The lowest BCUT2D eigenvalue weighted by atomic mass is 10.00. The Morgan fingerprint density at radius 2 is 1.94 bits per heavy atom. The molecule has 2 heterocycles. The summed E-state index contributed by atoms with van der Waals surface area (Å²) in [5.41, 5.74) is 1.12. The van der Waals surface area contributed by atoms with Crippen LogP contribution in [0.25, 0.3) is 0 Å². The molecule has 2 atom stereocenters. The summed E-state index contributed by atoms with van der Waals surface area (Å²) in [5.74, 6) is 1.55. The van der Waals surface area contributed by atoms with E-state index in [1.54, 1.807) is 23.3 Å². The van der Waals surface area contributed by atoms with Gasteiger partial charge in [-0.1, -0.05) is 32.4 Å². The van der Waals surface area contributed by atoms with Gasteiger partial charge in [0, 0.05) is 24.0 Å². The molecule has 1 aromatic heterocycles. The predicted molar refractivity (Wildman–Crippen MR) is 136 cm³/mol. The summed E-state index contributed by atoms with van der Waals surface area (Å²) >= 11 is 1.72. The minimum absolute atomic E-state index is 0.00684. The van der Waals surface area contributed by atoms with Crippen molar-refractivity contribution < 1.29 is 19.1 Å². The Balaban J connectivity index is 1.79. The highest BCUT2D eigenvalue weighted by Gasteiger charge is 2.34. The molecule has 0 bridgehead atoms. The monoisotopic (exact) mass is 487 g/mol. The Morgan fingerprint density at radius 1 is 1.21 bits per heavy atom. The number of urea groups is 1. The van der Waals surface area contributed by atoms with Crippen LogP contribution in [0.3, 0.4) is 0 Å². The summed E-state index contributed by atoms with van der Waals surface area (Å²) in [5, 5.41) is 5.01. The molecule has 1 aromatic carbocycles. The Morgan fingerprint density at radius 3 is 2.62 bits per heavy atom. The van der Waals surface area contributed by atoms with Gasteiger partial charge in [-0.2, -0.15) is 0 Å². The third-order valence-electron chi connectivity index (χ3n) is 6.14. The number of rotatable bonds is 10. The van der Waals surface area contributed by atoms with E-state index in [1.807, 2.05) is 43.0 Å². The van der Waals surface area contributed by atoms with Crippen molar-refractivity contribution in [2.45, 2.75) is 52.6 Å². The number of hydrogen-bond donors (Lipinski definition) is 1. The zero-order valence-electron chi connectivity index (χ0n) is 20.9. The Labute approximate surface area is 207 Å². The molecule has 0 radical (unpaired) electrons. The van der Waals surface area contributed by atoms with E-state index in [2.05, 4.69) is 30.6 Å². The highest BCUT2D eigenvalue weighted by molar-refractivity contribution is 7.10. The second-order valence-corrected chi connectivity index (χ2v) is 10.1. The molecule has 0 fully saturated rings. The number of methoxy groups -OCH3 is 1. The molecule has 186 valence electrons. The number of para-hydroxylation sites is 2. The van der Waals surface area contributed by atoms with Crippen molar-refractivity contribution in [2.75, 3.05) is 33.4 Å². The molecule has 3 amide bonds. The summed E-state index contributed by atoms with van der Waals surface area (Å²) in [6.07, 6.45) is 1.75. The van der Waals surface area contributed by atoms with Crippen molar-refractivity contribution in [1.82, 2.24) is 15.1 Å². The molecule has 8 heteroatoms. The van der Waals surface area contributed by atoms with Gasteiger partial charge < -0.3 is 24.6 Å². The third kappa shape index (κ3) is 6.44. The fraction of sp³-hybridized carbons (Fsp3) is 0.538. The van der Waals surface area contributed by atoms with Gasteiger partial charge in [0.25, 0.3) is 0 Å². The van der Waals surface area contributed by atoms with Crippen molar-refractivity contribution in [3.8, 4) is 11.5 Å². The summed E-state index contributed by atoms with van der Waals surface area (Å²) in [4.78, 5) is 31.2. The quantitative estimate of drug-likeness (QED) is 0.526. The van der Waals surface area contributed by atoms with Crippen molar-refractivity contribution in [2.24, 2.45) is 5.92 Å². The van der Waals surface area contributed by atoms with Crippen LogP contribution in [0, 0.1) is 5.92 Å². The number of nitrogens with zero attached hydrogens (tertiary/aromatic N) is 2. The molecule has 7 nitrogen and oxygen atoms in total. The van der Waals surface area contributed by atoms with Gasteiger partial charge in [0.1, 0.15) is 13.2 Å². The number of amides is 3. The summed E-state index contributed by atoms with van der Waals surface area (Å²) in [6, 6.07) is 9.20. The fourth-order valence-electron chi connectivity index (χ4n) is 4.10. The highest BCUT2D eigenvalue weighted by atomic mass is 32.1. The predicted octanol–water partition coefficient (Wildman–Crippen LogP) is 4.73. The van der Waals surface area contributed by atoms with E-state index in [1.165, 1.54) is 4.88 Å². The van der Waals surface area contributed by atoms with Crippen LogP contribution in [0.5, 0.6) is 11.5 Å². The van der Waals surface area contributed by atoms with Gasteiger partial charge >= 0.3 is 6.03 Å². The molecular formula is C26H37N3O4S. The molecule has 0 spiro atoms. The maximum Gasteiger partial charge on any atom is 0.318 e. The lowest BCUT2D eigenvalue weighted by Crippen LogP contribution is -2.51. The van der Waals surface area contributed by atoms with Crippen LogP contribution in [0.2, 0.25) is 0 Å². The molecule has 1 aliphatic rings. The summed E-state index contributed by atoms with van der Waals surface area (Å²) in [6.45, 7) is 9.56. The maximum atomic E-state index is 13.6. The number of thiophene rings is 1. The number of carbonyl (C=O) groups excluding carboxylic acids is 2. The molecule has 0 unspecified atom stereocenters. The summed E-state index contributed by atoms with van der Waals surface area (Å²) < 4.78 is 11.6. The number of ether oxygens (including phenoxy) is 2. The number of fused-ring (bicyclic) bond motifs is 1. The zero-order valence-corrected chi connectivity index (χ0v) is 21.7. The number of carbonyl (C=O) groups is 2. The Kier molecular flexibility index (Phi) is 9.21. The van der Waals surface area contributed by atoms with Crippen molar-refractivity contribution in [1.29, 1.82) is 0 Å². The molecule has 0 aliphatic carbocycles. The van der Waals surface area contributed by atoms with Crippen LogP contribution in [0.4, 0.5) is 4.79 Å². The molecule has 1 N–H and O–H groups in total. The molecule has 0 saturated heterocycles. The van der Waals surface area contributed by atoms with Gasteiger partial charge in [0.15, 0.2) is 11.5 Å². The highest BCUT2D eigenvalue weighted by Crippen LogP contribution is 2.35. The largest absolute Gasteiger partial charge is 0.493 e. The van der Waals surface area contributed by atoms with Crippen molar-refractivity contribution in [3.63, 3.8) is 0 Å². The van der Waals surface area contributed by atoms with Gasteiger partial charge in [-0.25, -0.2) is 4.79 Å². The van der Waals surface area contributed by atoms with E-state index in [0.717, 1.165) is 18.4 Å². The van der Waals surface area contributed by atoms with Crippen LogP contribution >= 0.6 is 11.3 Å². The van der Waals surface area contributed by atoms with Crippen LogP contribution in [0.15, 0.2) is 35.7 Å². The number of hydrogen-bond acceptors (Lipinski definition) is 5. The SMILES string of the molecule is CC[C@H](C)CN(CC(=O)N1CCc2sccc2[C@@H]1COc1ccccc1OC)C(=O)NC(C)C.